The lowest BCUT2D eigenvalue weighted by Gasteiger charge is -1.94. The molecule has 74 valence electrons. The van der Waals surface area contributed by atoms with E-state index < -0.39 is 16.5 Å². The average molecular weight is 213 g/mol. The molecule has 0 radical (unpaired) electrons. The fourth-order valence-electron chi connectivity index (χ4n) is 1.49. The van der Waals surface area contributed by atoms with Gasteiger partial charge in [0.1, 0.15) is 5.82 Å². The monoisotopic (exact) mass is 213 g/mol. The van der Waals surface area contributed by atoms with E-state index in [1.54, 1.807) is 17.7 Å². The van der Waals surface area contributed by atoms with Crippen molar-refractivity contribution in [2.75, 3.05) is 0 Å². The second-order valence-corrected chi connectivity index (χ2v) is 4.04. The summed E-state index contributed by atoms with van der Waals surface area (Å²) in [4.78, 5) is 0.164. The Morgan fingerprint density at radius 3 is 2.71 bits per heavy atom. The number of aromatic nitrogens is 1. The third kappa shape index (κ3) is 1.29. The van der Waals surface area contributed by atoms with E-state index in [1.165, 1.54) is 18.3 Å². The summed E-state index contributed by atoms with van der Waals surface area (Å²) < 4.78 is 36.2. The molecule has 2 rings (SSSR count). The molecule has 3 nitrogen and oxygen atoms in total. The van der Waals surface area contributed by atoms with E-state index in [9.17, 15) is 12.8 Å². The van der Waals surface area contributed by atoms with Crippen LogP contribution in [0, 0.1) is 5.82 Å². The SMILES string of the molecule is Cn1cc([SH](=O)=O)c2cc(F)ccc21. The molecule has 1 aromatic heterocycles. The highest BCUT2D eigenvalue weighted by molar-refractivity contribution is 7.72. The van der Waals surface area contributed by atoms with Gasteiger partial charge >= 0.3 is 0 Å². The van der Waals surface area contributed by atoms with E-state index in [4.69, 9.17) is 0 Å². The summed E-state index contributed by atoms with van der Waals surface area (Å²) >= 11 is 0. The molecule has 0 aliphatic rings. The number of rotatable bonds is 1. The largest absolute Gasteiger partial charge is 0.349 e. The Bertz CT molecular complexity index is 563. The van der Waals surface area contributed by atoms with Crippen molar-refractivity contribution < 1.29 is 12.8 Å². The van der Waals surface area contributed by atoms with Crippen LogP contribution in [0.3, 0.4) is 0 Å². The molecule has 0 saturated heterocycles. The molecule has 0 saturated carbocycles. The predicted molar refractivity (Wildman–Crippen MR) is 51.5 cm³/mol. The Morgan fingerprint density at radius 1 is 1.36 bits per heavy atom. The molecule has 5 heteroatoms. The minimum absolute atomic E-state index is 0.164. The number of benzene rings is 1. The molecule has 0 aliphatic carbocycles. The first-order chi connectivity index (χ1) is 6.59. The zero-order valence-corrected chi connectivity index (χ0v) is 8.29. The van der Waals surface area contributed by atoms with Gasteiger partial charge in [0.25, 0.3) is 0 Å². The number of hydrogen-bond donors (Lipinski definition) is 1. The van der Waals surface area contributed by atoms with Crippen LogP contribution in [0.2, 0.25) is 0 Å². The Morgan fingerprint density at radius 2 is 2.07 bits per heavy atom. The lowest BCUT2D eigenvalue weighted by molar-refractivity contribution is 0.615. The van der Waals surface area contributed by atoms with Gasteiger partial charge in [0.15, 0.2) is 10.7 Å². The van der Waals surface area contributed by atoms with Crippen molar-refractivity contribution in [3.8, 4) is 0 Å². The number of thiol groups is 1. The minimum atomic E-state index is -2.67. The van der Waals surface area contributed by atoms with Crippen LogP contribution in [0.15, 0.2) is 29.3 Å². The predicted octanol–water partition coefficient (Wildman–Crippen LogP) is 1.29. The van der Waals surface area contributed by atoms with Crippen molar-refractivity contribution >= 4 is 21.6 Å². The summed E-state index contributed by atoms with van der Waals surface area (Å²) in [5, 5.41) is 0.434. The van der Waals surface area contributed by atoms with Gasteiger partial charge in [-0.2, -0.15) is 0 Å². The topological polar surface area (TPSA) is 39.1 Å². The number of nitrogens with zero attached hydrogens (tertiary/aromatic N) is 1. The van der Waals surface area contributed by atoms with E-state index in [0.29, 0.717) is 10.9 Å². The third-order valence-corrected chi connectivity index (χ3v) is 2.88. The normalized spacial score (nSPS) is 11.4. The maximum absolute atomic E-state index is 12.9. The van der Waals surface area contributed by atoms with Crippen molar-refractivity contribution in [2.45, 2.75) is 4.90 Å². The van der Waals surface area contributed by atoms with Gasteiger partial charge in [0.2, 0.25) is 0 Å². The molecule has 0 amide bonds. The second kappa shape index (κ2) is 3.09. The van der Waals surface area contributed by atoms with Crippen molar-refractivity contribution in [1.29, 1.82) is 0 Å². The van der Waals surface area contributed by atoms with Crippen LogP contribution in [-0.2, 0) is 17.8 Å². The first-order valence-corrected chi connectivity index (χ1v) is 5.16. The lowest BCUT2D eigenvalue weighted by Crippen LogP contribution is -1.83. The highest BCUT2D eigenvalue weighted by Gasteiger charge is 2.08. The molecule has 14 heavy (non-hydrogen) atoms. The molecule has 0 aliphatic heterocycles. The van der Waals surface area contributed by atoms with Crippen LogP contribution < -0.4 is 0 Å². The Hall–Kier alpha value is -1.36. The van der Waals surface area contributed by atoms with Gasteiger partial charge in [-0.05, 0) is 18.2 Å². The summed E-state index contributed by atoms with van der Waals surface area (Å²) in [5.41, 5.74) is 0.709. The van der Waals surface area contributed by atoms with Crippen molar-refractivity contribution in [3.63, 3.8) is 0 Å². The second-order valence-electron chi connectivity index (χ2n) is 3.04. The number of hydrogen-bond acceptors (Lipinski definition) is 2. The first kappa shape index (κ1) is 9.21. The smallest absolute Gasteiger partial charge is 0.170 e. The van der Waals surface area contributed by atoms with Crippen LogP contribution in [0.25, 0.3) is 10.9 Å². The molecule has 0 atom stereocenters. The quantitative estimate of drug-likeness (QED) is 0.725. The van der Waals surface area contributed by atoms with E-state index in [0.717, 1.165) is 0 Å². The summed E-state index contributed by atoms with van der Waals surface area (Å²) in [7, 11) is -0.950. The van der Waals surface area contributed by atoms with Crippen LogP contribution in [0.5, 0.6) is 0 Å². The number of halogens is 1. The minimum Gasteiger partial charge on any atom is -0.349 e. The van der Waals surface area contributed by atoms with Crippen molar-refractivity contribution in [3.05, 3.63) is 30.2 Å². The summed E-state index contributed by atoms with van der Waals surface area (Å²) in [5.74, 6) is -0.429. The third-order valence-electron chi connectivity index (χ3n) is 2.13. The van der Waals surface area contributed by atoms with Gasteiger partial charge in [0.05, 0.1) is 4.90 Å². The van der Waals surface area contributed by atoms with E-state index in [1.807, 2.05) is 0 Å². The zero-order valence-electron chi connectivity index (χ0n) is 7.40. The summed E-state index contributed by atoms with van der Waals surface area (Å²) in [6.45, 7) is 0. The van der Waals surface area contributed by atoms with Crippen molar-refractivity contribution in [2.24, 2.45) is 7.05 Å². The van der Waals surface area contributed by atoms with E-state index >= 15 is 0 Å². The molecule has 0 fully saturated rings. The number of fused-ring (bicyclic) bond motifs is 1. The van der Waals surface area contributed by atoms with Gasteiger partial charge < -0.3 is 4.57 Å². The molecule has 0 bridgehead atoms. The zero-order chi connectivity index (χ0) is 10.3. The van der Waals surface area contributed by atoms with Crippen LogP contribution in [0.1, 0.15) is 0 Å². The van der Waals surface area contributed by atoms with Gasteiger partial charge in [-0.25, -0.2) is 12.8 Å². The highest BCUT2D eigenvalue weighted by atomic mass is 32.2. The van der Waals surface area contributed by atoms with Crippen LogP contribution >= 0.6 is 0 Å². The maximum atomic E-state index is 12.9. The molecule has 0 N–H and O–H groups in total. The molecule has 0 unspecified atom stereocenters. The average Bonchev–Trinajstić information content (AvgIpc) is 2.43. The fraction of sp³-hybridized carbons (Fsp3) is 0.111. The maximum Gasteiger partial charge on any atom is 0.170 e. The van der Waals surface area contributed by atoms with Crippen LogP contribution in [0.4, 0.5) is 4.39 Å². The highest BCUT2D eigenvalue weighted by Crippen LogP contribution is 2.22. The molecule has 2 aromatic rings. The molecule has 0 spiro atoms. The Kier molecular flexibility index (Phi) is 2.03. The first-order valence-electron chi connectivity index (χ1n) is 3.98. The van der Waals surface area contributed by atoms with Gasteiger partial charge in [-0.1, -0.05) is 0 Å². The molecular weight excluding hydrogens is 205 g/mol. The fourth-order valence-corrected chi connectivity index (χ4v) is 2.13. The Balaban J connectivity index is 2.92. The lowest BCUT2D eigenvalue weighted by atomic mass is 10.2. The Labute approximate surface area is 81.7 Å². The van der Waals surface area contributed by atoms with E-state index in [-0.39, 0.29) is 4.90 Å². The van der Waals surface area contributed by atoms with Gasteiger partial charge in [-0.15, -0.1) is 0 Å². The van der Waals surface area contributed by atoms with Crippen LogP contribution in [-0.4, -0.2) is 13.0 Å². The molecule has 1 aromatic carbocycles. The molecule has 1 heterocycles. The van der Waals surface area contributed by atoms with Crippen molar-refractivity contribution in [1.82, 2.24) is 4.57 Å². The van der Waals surface area contributed by atoms with Gasteiger partial charge in [-0.3, -0.25) is 0 Å². The standard InChI is InChI=1S/C9H8FNO2S/c1-11-5-9(14(12)13)7-4-6(10)2-3-8(7)11/h2-5,14H,1H3. The molecular formula is C9H8FNO2S. The summed E-state index contributed by atoms with van der Waals surface area (Å²) in [6.07, 6.45) is 1.48. The summed E-state index contributed by atoms with van der Waals surface area (Å²) in [6, 6.07) is 4.10. The van der Waals surface area contributed by atoms with E-state index in [2.05, 4.69) is 0 Å². The number of aryl methyl sites for hydroxylation is 1. The van der Waals surface area contributed by atoms with Gasteiger partial charge in [0, 0.05) is 24.1 Å².